The Hall–Kier alpha value is -2.36. The number of carbonyl (C=O) groups is 1. The molecule has 2 aromatic rings. The molecule has 1 heterocycles. The number of hydrogen-bond donors (Lipinski definition) is 0. The standard InChI is InChI=1S/C18H21NO3/c1-3-12-22-18-13-14(8-10-17(18)21-2)7-9-16(20)15-6-4-5-11-19-15/h4-6,8,10-11,13H,3,7,9,12H2,1-2H3. The van der Waals surface area contributed by atoms with Gasteiger partial charge >= 0.3 is 0 Å². The number of nitrogens with zero attached hydrogens (tertiary/aromatic N) is 1. The lowest BCUT2D eigenvalue weighted by molar-refractivity contribution is 0.0978. The second-order valence-electron chi connectivity index (χ2n) is 4.97. The smallest absolute Gasteiger partial charge is 0.181 e. The van der Waals surface area contributed by atoms with Gasteiger partial charge in [0.1, 0.15) is 5.69 Å². The molecule has 0 N–H and O–H groups in total. The Labute approximate surface area is 131 Å². The van der Waals surface area contributed by atoms with Crippen LogP contribution in [0.15, 0.2) is 42.6 Å². The first-order valence-corrected chi connectivity index (χ1v) is 7.48. The first-order valence-electron chi connectivity index (χ1n) is 7.48. The molecule has 0 atom stereocenters. The number of Topliss-reactive ketones (excluding diaryl/α,β-unsaturated/α-hetero) is 1. The Bertz CT molecular complexity index is 611. The molecule has 0 fully saturated rings. The summed E-state index contributed by atoms with van der Waals surface area (Å²) < 4.78 is 11.0. The zero-order chi connectivity index (χ0) is 15.8. The lowest BCUT2D eigenvalue weighted by Gasteiger charge is -2.11. The minimum Gasteiger partial charge on any atom is -0.493 e. The number of ether oxygens (including phenoxy) is 2. The van der Waals surface area contributed by atoms with Crippen molar-refractivity contribution in [2.45, 2.75) is 26.2 Å². The molecular formula is C18H21NO3. The molecule has 0 saturated carbocycles. The van der Waals surface area contributed by atoms with Gasteiger partial charge in [0.25, 0.3) is 0 Å². The van der Waals surface area contributed by atoms with Gasteiger partial charge in [0.05, 0.1) is 13.7 Å². The van der Waals surface area contributed by atoms with Crippen LogP contribution in [0.2, 0.25) is 0 Å². The molecule has 0 radical (unpaired) electrons. The second kappa shape index (κ2) is 8.17. The lowest BCUT2D eigenvalue weighted by atomic mass is 10.1. The van der Waals surface area contributed by atoms with E-state index in [9.17, 15) is 4.79 Å². The van der Waals surface area contributed by atoms with Crippen molar-refractivity contribution in [1.29, 1.82) is 0 Å². The Morgan fingerprint density at radius 2 is 2.05 bits per heavy atom. The molecule has 0 amide bonds. The van der Waals surface area contributed by atoms with Gasteiger partial charge in [-0.05, 0) is 42.7 Å². The van der Waals surface area contributed by atoms with Crippen LogP contribution in [-0.2, 0) is 6.42 Å². The summed E-state index contributed by atoms with van der Waals surface area (Å²) in [5.41, 5.74) is 1.56. The van der Waals surface area contributed by atoms with Crippen LogP contribution >= 0.6 is 0 Å². The highest BCUT2D eigenvalue weighted by Gasteiger charge is 2.09. The molecule has 0 saturated heterocycles. The largest absolute Gasteiger partial charge is 0.493 e. The Morgan fingerprint density at radius 3 is 2.73 bits per heavy atom. The predicted octanol–water partition coefficient (Wildman–Crippen LogP) is 3.69. The molecule has 0 unspecified atom stereocenters. The van der Waals surface area contributed by atoms with Crippen LogP contribution in [0.3, 0.4) is 0 Å². The van der Waals surface area contributed by atoms with Crippen LogP contribution in [-0.4, -0.2) is 24.5 Å². The zero-order valence-corrected chi connectivity index (χ0v) is 13.0. The topological polar surface area (TPSA) is 48.4 Å². The van der Waals surface area contributed by atoms with Gasteiger partial charge in [-0.2, -0.15) is 0 Å². The highest BCUT2D eigenvalue weighted by molar-refractivity contribution is 5.94. The summed E-state index contributed by atoms with van der Waals surface area (Å²) in [5, 5.41) is 0. The van der Waals surface area contributed by atoms with Crippen molar-refractivity contribution in [3.63, 3.8) is 0 Å². The fourth-order valence-corrected chi connectivity index (χ4v) is 2.12. The molecule has 4 heteroatoms. The van der Waals surface area contributed by atoms with Crippen LogP contribution in [0.25, 0.3) is 0 Å². The van der Waals surface area contributed by atoms with E-state index in [4.69, 9.17) is 9.47 Å². The van der Waals surface area contributed by atoms with Gasteiger partial charge < -0.3 is 9.47 Å². The van der Waals surface area contributed by atoms with E-state index in [-0.39, 0.29) is 5.78 Å². The molecule has 0 bridgehead atoms. The molecule has 0 spiro atoms. The van der Waals surface area contributed by atoms with E-state index in [1.165, 1.54) is 0 Å². The summed E-state index contributed by atoms with van der Waals surface area (Å²) in [7, 11) is 1.62. The number of rotatable bonds is 8. The van der Waals surface area contributed by atoms with Gasteiger partial charge in [-0.15, -0.1) is 0 Å². The van der Waals surface area contributed by atoms with Crippen molar-refractivity contribution in [2.75, 3.05) is 13.7 Å². The lowest BCUT2D eigenvalue weighted by Crippen LogP contribution is -2.04. The van der Waals surface area contributed by atoms with Gasteiger partial charge in [-0.1, -0.05) is 19.1 Å². The predicted molar refractivity (Wildman–Crippen MR) is 85.7 cm³/mol. The van der Waals surface area contributed by atoms with E-state index in [1.54, 1.807) is 25.4 Å². The summed E-state index contributed by atoms with van der Waals surface area (Å²) >= 11 is 0. The molecule has 1 aromatic heterocycles. The number of carbonyl (C=O) groups excluding carboxylic acids is 1. The molecule has 4 nitrogen and oxygen atoms in total. The minimum atomic E-state index is 0.0486. The van der Waals surface area contributed by atoms with Gasteiger partial charge in [0.15, 0.2) is 17.3 Å². The Morgan fingerprint density at radius 1 is 1.18 bits per heavy atom. The van der Waals surface area contributed by atoms with Crippen molar-refractivity contribution in [3.05, 3.63) is 53.9 Å². The summed E-state index contributed by atoms with van der Waals surface area (Å²) in [6.07, 6.45) is 3.65. The molecule has 116 valence electrons. The summed E-state index contributed by atoms with van der Waals surface area (Å²) in [5.74, 6) is 1.49. The Kier molecular flexibility index (Phi) is 5.95. The third-order valence-corrected chi connectivity index (χ3v) is 3.28. The van der Waals surface area contributed by atoms with Crippen LogP contribution in [0.4, 0.5) is 0 Å². The second-order valence-corrected chi connectivity index (χ2v) is 4.97. The average molecular weight is 299 g/mol. The van der Waals surface area contributed by atoms with Crippen molar-refractivity contribution >= 4 is 5.78 Å². The molecule has 22 heavy (non-hydrogen) atoms. The van der Waals surface area contributed by atoms with Crippen LogP contribution in [0, 0.1) is 0 Å². The third kappa shape index (κ3) is 4.32. The number of pyridine rings is 1. The molecular weight excluding hydrogens is 278 g/mol. The highest BCUT2D eigenvalue weighted by atomic mass is 16.5. The van der Waals surface area contributed by atoms with Gasteiger partial charge in [0.2, 0.25) is 0 Å². The van der Waals surface area contributed by atoms with Gasteiger partial charge in [-0.25, -0.2) is 0 Å². The zero-order valence-electron chi connectivity index (χ0n) is 13.0. The van der Waals surface area contributed by atoms with Crippen LogP contribution in [0.1, 0.15) is 35.8 Å². The normalized spacial score (nSPS) is 10.3. The van der Waals surface area contributed by atoms with Crippen LogP contribution < -0.4 is 9.47 Å². The van der Waals surface area contributed by atoms with Crippen molar-refractivity contribution in [2.24, 2.45) is 0 Å². The number of aromatic nitrogens is 1. The maximum Gasteiger partial charge on any atom is 0.181 e. The monoisotopic (exact) mass is 299 g/mol. The third-order valence-electron chi connectivity index (χ3n) is 3.28. The van der Waals surface area contributed by atoms with E-state index >= 15 is 0 Å². The summed E-state index contributed by atoms with van der Waals surface area (Å²) in [6.45, 7) is 2.70. The Balaban J connectivity index is 2.02. The average Bonchev–Trinajstić information content (AvgIpc) is 2.58. The first-order chi connectivity index (χ1) is 10.7. The quantitative estimate of drug-likeness (QED) is 0.697. The fraction of sp³-hybridized carbons (Fsp3) is 0.333. The SMILES string of the molecule is CCCOc1cc(CCC(=O)c2ccccn2)ccc1OC. The summed E-state index contributed by atoms with van der Waals surface area (Å²) in [4.78, 5) is 16.2. The fourth-order valence-electron chi connectivity index (χ4n) is 2.12. The van der Waals surface area contributed by atoms with Gasteiger partial charge in [-0.3, -0.25) is 9.78 Å². The molecule has 0 aliphatic rings. The van der Waals surface area contributed by atoms with Crippen LogP contribution in [0.5, 0.6) is 11.5 Å². The first kappa shape index (κ1) is 16.0. The van der Waals surface area contributed by atoms with Crippen molar-refractivity contribution < 1.29 is 14.3 Å². The number of methoxy groups -OCH3 is 1. The van der Waals surface area contributed by atoms with E-state index in [2.05, 4.69) is 11.9 Å². The van der Waals surface area contributed by atoms with E-state index in [0.29, 0.717) is 30.9 Å². The highest BCUT2D eigenvalue weighted by Crippen LogP contribution is 2.28. The van der Waals surface area contributed by atoms with E-state index < -0.39 is 0 Å². The van der Waals surface area contributed by atoms with E-state index in [1.807, 2.05) is 24.3 Å². The van der Waals surface area contributed by atoms with Crippen molar-refractivity contribution in [3.8, 4) is 11.5 Å². The van der Waals surface area contributed by atoms with E-state index in [0.717, 1.165) is 17.7 Å². The number of hydrogen-bond acceptors (Lipinski definition) is 4. The molecule has 1 aromatic carbocycles. The number of ketones is 1. The van der Waals surface area contributed by atoms with Crippen molar-refractivity contribution in [1.82, 2.24) is 4.98 Å². The molecule has 2 rings (SSSR count). The summed E-state index contributed by atoms with van der Waals surface area (Å²) in [6, 6.07) is 11.2. The number of aryl methyl sites for hydroxylation is 1. The maximum atomic E-state index is 12.1. The molecule has 0 aliphatic heterocycles. The minimum absolute atomic E-state index is 0.0486. The number of benzene rings is 1. The maximum absolute atomic E-state index is 12.1. The molecule has 0 aliphatic carbocycles. The van der Waals surface area contributed by atoms with Gasteiger partial charge in [0, 0.05) is 12.6 Å².